The fourth-order valence-electron chi connectivity index (χ4n) is 3.54. The molecule has 1 fully saturated rings. The molecule has 0 unspecified atom stereocenters. The minimum atomic E-state index is -0.417. The lowest BCUT2D eigenvalue weighted by molar-refractivity contribution is 0.0531. The summed E-state index contributed by atoms with van der Waals surface area (Å²) in [5, 5.41) is 10.1. The van der Waals surface area contributed by atoms with Gasteiger partial charge in [-0.1, -0.05) is 17.8 Å². The molecule has 31 heavy (non-hydrogen) atoms. The Labute approximate surface area is 186 Å². The van der Waals surface area contributed by atoms with Crippen molar-refractivity contribution in [3.63, 3.8) is 0 Å². The Balaban J connectivity index is 1.51. The molecule has 3 aromatic heterocycles. The second-order valence-corrected chi connectivity index (χ2v) is 9.17. The molecule has 1 aromatic carbocycles. The summed E-state index contributed by atoms with van der Waals surface area (Å²) in [7, 11) is 0. The van der Waals surface area contributed by atoms with Gasteiger partial charge in [-0.25, -0.2) is 9.18 Å². The van der Waals surface area contributed by atoms with Crippen LogP contribution in [0, 0.1) is 5.82 Å². The van der Waals surface area contributed by atoms with Gasteiger partial charge in [0.25, 0.3) is 0 Å². The first-order chi connectivity index (χ1) is 15.2. The first kappa shape index (κ1) is 20.1. The highest BCUT2D eigenvalue weighted by molar-refractivity contribution is 7.98. The van der Waals surface area contributed by atoms with E-state index in [0.29, 0.717) is 27.6 Å². The van der Waals surface area contributed by atoms with Crippen molar-refractivity contribution in [2.45, 2.75) is 36.7 Å². The molecule has 9 heteroatoms. The van der Waals surface area contributed by atoms with Crippen molar-refractivity contribution in [1.82, 2.24) is 19.7 Å². The van der Waals surface area contributed by atoms with Crippen molar-refractivity contribution in [2.24, 2.45) is 0 Å². The molecule has 0 N–H and O–H groups in total. The number of aromatic nitrogens is 4. The molecule has 0 saturated heterocycles. The van der Waals surface area contributed by atoms with Crippen LogP contribution in [0.3, 0.4) is 0 Å². The Kier molecular flexibility index (Phi) is 5.45. The summed E-state index contributed by atoms with van der Waals surface area (Å²) in [6, 6.07) is 9.10. The van der Waals surface area contributed by atoms with Crippen LogP contribution < -0.4 is 0 Å². The number of rotatable bonds is 7. The van der Waals surface area contributed by atoms with E-state index in [0.717, 1.165) is 34.1 Å². The molecule has 0 aliphatic heterocycles. The molecule has 5 rings (SSSR count). The maximum absolute atomic E-state index is 14.7. The summed E-state index contributed by atoms with van der Waals surface area (Å²) in [6.07, 6.45) is 5.63. The van der Waals surface area contributed by atoms with Crippen LogP contribution in [0.2, 0.25) is 0 Å². The van der Waals surface area contributed by atoms with Gasteiger partial charge >= 0.3 is 5.97 Å². The quantitative estimate of drug-likeness (QED) is 0.271. The Morgan fingerprint density at radius 2 is 2.06 bits per heavy atom. The zero-order chi connectivity index (χ0) is 21.4. The number of fused-ring (bicyclic) bond motifs is 1. The highest BCUT2D eigenvalue weighted by Gasteiger charge is 2.31. The van der Waals surface area contributed by atoms with Crippen molar-refractivity contribution >= 4 is 39.2 Å². The fourth-order valence-corrected chi connectivity index (χ4v) is 5.79. The van der Waals surface area contributed by atoms with Gasteiger partial charge in [0.05, 0.1) is 6.61 Å². The van der Waals surface area contributed by atoms with Gasteiger partial charge in [0, 0.05) is 39.8 Å². The Hall–Kier alpha value is -2.78. The van der Waals surface area contributed by atoms with E-state index in [1.165, 1.54) is 29.2 Å². The van der Waals surface area contributed by atoms with E-state index in [9.17, 15) is 9.18 Å². The number of benzene rings is 1. The second kappa shape index (κ2) is 8.39. The van der Waals surface area contributed by atoms with E-state index >= 15 is 0 Å². The average Bonchev–Trinajstić information content (AvgIpc) is 3.41. The molecule has 0 atom stereocenters. The van der Waals surface area contributed by atoms with Crippen LogP contribution in [0.5, 0.6) is 0 Å². The van der Waals surface area contributed by atoms with Crippen molar-refractivity contribution in [3.05, 3.63) is 59.0 Å². The van der Waals surface area contributed by atoms with Crippen LogP contribution >= 0.6 is 23.1 Å². The summed E-state index contributed by atoms with van der Waals surface area (Å²) in [6.45, 7) is 2.03. The average molecular weight is 455 g/mol. The lowest BCUT2D eigenvalue weighted by Gasteiger charge is -2.09. The molecular formula is C22H19FN4O2S2. The maximum atomic E-state index is 14.7. The zero-order valence-corrected chi connectivity index (χ0v) is 18.4. The van der Waals surface area contributed by atoms with Gasteiger partial charge in [-0.3, -0.25) is 9.55 Å². The first-order valence-corrected chi connectivity index (χ1v) is 11.8. The van der Waals surface area contributed by atoms with Crippen molar-refractivity contribution < 1.29 is 13.9 Å². The molecule has 4 aromatic rings. The van der Waals surface area contributed by atoms with Crippen molar-refractivity contribution in [2.75, 3.05) is 6.61 Å². The Morgan fingerprint density at radius 3 is 2.81 bits per heavy atom. The third-order valence-electron chi connectivity index (χ3n) is 5.08. The van der Waals surface area contributed by atoms with E-state index in [-0.39, 0.29) is 12.4 Å². The maximum Gasteiger partial charge on any atom is 0.348 e. The normalized spacial score (nSPS) is 13.6. The van der Waals surface area contributed by atoms with Crippen LogP contribution in [-0.2, 0) is 10.5 Å². The first-order valence-electron chi connectivity index (χ1n) is 10.0. The summed E-state index contributed by atoms with van der Waals surface area (Å²) in [5.41, 5.74) is 1.61. The van der Waals surface area contributed by atoms with E-state index in [1.807, 2.05) is 18.2 Å². The van der Waals surface area contributed by atoms with Gasteiger partial charge < -0.3 is 4.74 Å². The van der Waals surface area contributed by atoms with Crippen LogP contribution in [-0.4, -0.2) is 32.3 Å². The number of thioether (sulfide) groups is 1. The second-order valence-electron chi connectivity index (χ2n) is 7.18. The summed E-state index contributed by atoms with van der Waals surface area (Å²) >= 11 is 2.74. The van der Waals surface area contributed by atoms with Crippen molar-refractivity contribution in [3.8, 4) is 11.4 Å². The number of hydrogen-bond acceptors (Lipinski definition) is 7. The molecule has 1 aliphatic carbocycles. The van der Waals surface area contributed by atoms with Gasteiger partial charge in [-0.2, -0.15) is 0 Å². The van der Waals surface area contributed by atoms with Gasteiger partial charge in [0.15, 0.2) is 11.0 Å². The van der Waals surface area contributed by atoms with Crippen LogP contribution in [0.25, 0.3) is 21.5 Å². The van der Waals surface area contributed by atoms with Crippen molar-refractivity contribution in [1.29, 1.82) is 0 Å². The number of nitrogens with zero attached hydrogens (tertiary/aromatic N) is 4. The number of esters is 1. The van der Waals surface area contributed by atoms with Crippen LogP contribution in [0.4, 0.5) is 4.39 Å². The van der Waals surface area contributed by atoms with E-state index in [1.54, 1.807) is 25.4 Å². The highest BCUT2D eigenvalue weighted by atomic mass is 32.2. The molecular weight excluding hydrogens is 435 g/mol. The number of carbonyl (C=O) groups excluding carboxylic acids is 1. The molecule has 0 bridgehead atoms. The van der Waals surface area contributed by atoms with Crippen LogP contribution in [0.1, 0.15) is 41.0 Å². The van der Waals surface area contributed by atoms with E-state index in [2.05, 4.69) is 19.7 Å². The minimum absolute atomic E-state index is 0.271. The highest BCUT2D eigenvalue weighted by Crippen LogP contribution is 2.43. The standard InChI is InChI=1S/C22H19FN4O2S2/c1-2-29-21(28)19-15(18-16(23)4-3-5-17(18)31-19)12-30-22-26-25-20(27(22)14-6-7-14)13-8-10-24-11-9-13/h3-5,8-11,14H,2,6-7,12H2,1H3. The number of ether oxygens (including phenoxy) is 1. The van der Waals surface area contributed by atoms with Gasteiger partial charge in [-0.15, -0.1) is 21.5 Å². The van der Waals surface area contributed by atoms with Gasteiger partial charge in [0.1, 0.15) is 10.7 Å². The van der Waals surface area contributed by atoms with Gasteiger partial charge in [0.2, 0.25) is 0 Å². The molecule has 1 saturated carbocycles. The largest absolute Gasteiger partial charge is 0.462 e. The molecule has 158 valence electrons. The van der Waals surface area contributed by atoms with Crippen LogP contribution in [0.15, 0.2) is 47.9 Å². The zero-order valence-electron chi connectivity index (χ0n) is 16.7. The molecule has 0 spiro atoms. The molecule has 6 nitrogen and oxygen atoms in total. The number of halogens is 1. The predicted octanol–water partition coefficient (Wildman–Crippen LogP) is 5.50. The van der Waals surface area contributed by atoms with E-state index in [4.69, 9.17) is 4.74 Å². The van der Waals surface area contributed by atoms with E-state index < -0.39 is 5.97 Å². The fraction of sp³-hybridized carbons (Fsp3) is 0.273. The summed E-state index contributed by atoms with van der Waals surface area (Å²) in [5.74, 6) is 0.455. The summed E-state index contributed by atoms with van der Waals surface area (Å²) < 4.78 is 22.8. The smallest absolute Gasteiger partial charge is 0.348 e. The Morgan fingerprint density at radius 1 is 1.26 bits per heavy atom. The topological polar surface area (TPSA) is 69.9 Å². The molecule has 1 aliphatic rings. The van der Waals surface area contributed by atoms with Gasteiger partial charge in [-0.05, 0) is 49.6 Å². The lowest BCUT2D eigenvalue weighted by atomic mass is 10.1. The third kappa shape index (κ3) is 3.83. The minimum Gasteiger partial charge on any atom is -0.462 e. The molecule has 0 amide bonds. The number of thiophene rings is 1. The number of pyridine rings is 1. The summed E-state index contributed by atoms with van der Waals surface area (Å²) in [4.78, 5) is 17.1. The monoisotopic (exact) mass is 454 g/mol. The molecule has 0 radical (unpaired) electrons. The molecule has 3 heterocycles. The third-order valence-corrected chi connectivity index (χ3v) is 7.23. The lowest BCUT2D eigenvalue weighted by Crippen LogP contribution is -2.05. The SMILES string of the molecule is CCOC(=O)c1sc2cccc(F)c2c1CSc1nnc(-c2ccncc2)n1C1CC1. The Bertz CT molecular complexity index is 1250. The number of hydrogen-bond donors (Lipinski definition) is 0. The predicted molar refractivity (Wildman–Crippen MR) is 119 cm³/mol. The number of carbonyl (C=O) groups is 1.